The first-order chi connectivity index (χ1) is 9.25. The van der Waals surface area contributed by atoms with Gasteiger partial charge in [-0.05, 0) is 13.8 Å². The summed E-state index contributed by atoms with van der Waals surface area (Å²) >= 11 is 0. The van der Waals surface area contributed by atoms with Gasteiger partial charge in [-0.2, -0.15) is 0 Å². The van der Waals surface area contributed by atoms with Gasteiger partial charge in [-0.25, -0.2) is 0 Å². The van der Waals surface area contributed by atoms with Crippen molar-refractivity contribution in [2.45, 2.75) is 64.2 Å². The highest BCUT2D eigenvalue weighted by Crippen LogP contribution is 2.39. The molecule has 2 heterocycles. The van der Waals surface area contributed by atoms with Crippen LogP contribution in [0.3, 0.4) is 0 Å². The van der Waals surface area contributed by atoms with E-state index < -0.39 is 49.1 Å². The smallest absolute Gasteiger partial charge is 0.308 e. The lowest BCUT2D eigenvalue weighted by Gasteiger charge is -2.28. The van der Waals surface area contributed by atoms with Crippen molar-refractivity contribution < 1.29 is 34.0 Å². The number of hydrogen-bond acceptors (Lipinski definition) is 7. The maximum Gasteiger partial charge on any atom is 0.308 e. The van der Waals surface area contributed by atoms with Crippen molar-refractivity contribution in [2.24, 2.45) is 5.92 Å². The largest absolute Gasteiger partial charge is 0.456 e. The molecule has 2 aliphatic heterocycles. The molecule has 2 saturated heterocycles. The van der Waals surface area contributed by atoms with E-state index in [9.17, 15) is 9.90 Å². The fraction of sp³-hybridized carbons (Fsp3) is 0.923. The second-order valence-corrected chi connectivity index (χ2v) is 5.88. The zero-order valence-electron chi connectivity index (χ0n) is 12.1. The molecule has 0 aliphatic carbocycles. The maximum atomic E-state index is 11.8. The molecule has 116 valence electrons. The van der Waals surface area contributed by atoms with E-state index in [4.69, 9.17) is 24.1 Å². The molecule has 0 aromatic heterocycles. The molecule has 1 unspecified atom stereocenters. The monoisotopic (exact) mass is 290 g/mol. The van der Waals surface area contributed by atoms with E-state index in [2.05, 4.69) is 0 Å². The van der Waals surface area contributed by atoms with Crippen LogP contribution in [0, 0.1) is 5.92 Å². The minimum Gasteiger partial charge on any atom is -0.456 e. The van der Waals surface area contributed by atoms with Crippen molar-refractivity contribution in [2.75, 3.05) is 6.61 Å². The zero-order valence-corrected chi connectivity index (χ0v) is 12.1. The van der Waals surface area contributed by atoms with Gasteiger partial charge < -0.3 is 29.2 Å². The highest BCUT2D eigenvalue weighted by Gasteiger charge is 2.58. The van der Waals surface area contributed by atoms with Crippen LogP contribution in [0.15, 0.2) is 0 Å². The third-order valence-corrected chi connectivity index (χ3v) is 3.32. The van der Waals surface area contributed by atoms with Crippen LogP contribution < -0.4 is 0 Å². The van der Waals surface area contributed by atoms with Crippen LogP contribution in [0.4, 0.5) is 0 Å². The molecule has 0 radical (unpaired) electrons. The Bertz CT molecular complexity index is 368. The number of fused-ring (bicyclic) bond motifs is 1. The molecule has 0 bridgehead atoms. The standard InChI is InChI=1S/C13H22O7/c1-6(2)11(16)17-9-8(7(15)5-14)18-12-10(9)19-13(3,4)20-12/h6-10,12,14-15H,5H2,1-4H3/t7-,8-,9+,10-,12?/m1/s1. The van der Waals surface area contributed by atoms with Crippen molar-refractivity contribution in [3.8, 4) is 0 Å². The van der Waals surface area contributed by atoms with Crippen LogP contribution in [-0.4, -0.2) is 59.3 Å². The summed E-state index contributed by atoms with van der Waals surface area (Å²) in [6, 6.07) is 0. The number of rotatable bonds is 4. The Kier molecular flexibility index (Phi) is 4.36. The molecule has 2 fully saturated rings. The van der Waals surface area contributed by atoms with E-state index in [-0.39, 0.29) is 5.92 Å². The van der Waals surface area contributed by atoms with Gasteiger partial charge >= 0.3 is 5.97 Å². The number of carbonyl (C=O) groups excluding carboxylic acids is 1. The van der Waals surface area contributed by atoms with Crippen molar-refractivity contribution in [3.05, 3.63) is 0 Å². The molecule has 7 nitrogen and oxygen atoms in total. The third-order valence-electron chi connectivity index (χ3n) is 3.32. The van der Waals surface area contributed by atoms with E-state index in [0.29, 0.717) is 0 Å². The molecule has 0 aromatic rings. The van der Waals surface area contributed by atoms with Gasteiger partial charge in [0.05, 0.1) is 12.5 Å². The number of hydrogen-bond donors (Lipinski definition) is 2. The molecular weight excluding hydrogens is 268 g/mol. The van der Waals surface area contributed by atoms with Crippen molar-refractivity contribution in [1.82, 2.24) is 0 Å². The summed E-state index contributed by atoms with van der Waals surface area (Å²) in [6.45, 7) is 6.39. The first-order valence-electron chi connectivity index (χ1n) is 6.75. The summed E-state index contributed by atoms with van der Waals surface area (Å²) in [5.41, 5.74) is 0. The molecule has 0 spiro atoms. The minimum absolute atomic E-state index is 0.309. The summed E-state index contributed by atoms with van der Waals surface area (Å²) in [5.74, 6) is -1.56. The summed E-state index contributed by atoms with van der Waals surface area (Å²) in [4.78, 5) is 11.8. The lowest BCUT2D eigenvalue weighted by atomic mass is 10.1. The van der Waals surface area contributed by atoms with E-state index in [1.165, 1.54) is 0 Å². The predicted octanol–water partition coefficient (Wildman–Crippen LogP) is -0.216. The Morgan fingerprint density at radius 3 is 2.55 bits per heavy atom. The molecule has 0 aromatic carbocycles. The van der Waals surface area contributed by atoms with Gasteiger partial charge in [0.25, 0.3) is 0 Å². The Balaban J connectivity index is 2.14. The second kappa shape index (κ2) is 5.57. The summed E-state index contributed by atoms with van der Waals surface area (Å²) in [5, 5.41) is 18.9. The molecule has 20 heavy (non-hydrogen) atoms. The van der Waals surface area contributed by atoms with E-state index >= 15 is 0 Å². The van der Waals surface area contributed by atoms with Gasteiger partial charge in [0.2, 0.25) is 0 Å². The summed E-state index contributed by atoms with van der Waals surface area (Å²) in [7, 11) is 0. The van der Waals surface area contributed by atoms with Crippen molar-refractivity contribution in [1.29, 1.82) is 0 Å². The SMILES string of the molecule is CC(C)C(=O)O[C@H]1[C@@H]([C@H](O)CO)OC2OC(C)(C)O[C@@H]21. The molecule has 0 saturated carbocycles. The van der Waals surface area contributed by atoms with E-state index in [1.807, 2.05) is 0 Å². The molecular formula is C13H22O7. The van der Waals surface area contributed by atoms with Crippen LogP contribution in [0.25, 0.3) is 0 Å². The average molecular weight is 290 g/mol. The lowest BCUT2D eigenvalue weighted by Crippen LogP contribution is -2.45. The number of aliphatic hydroxyl groups excluding tert-OH is 2. The topological polar surface area (TPSA) is 94.5 Å². The Morgan fingerprint density at radius 2 is 2.00 bits per heavy atom. The van der Waals surface area contributed by atoms with Crippen LogP contribution in [-0.2, 0) is 23.7 Å². The predicted molar refractivity (Wildman–Crippen MR) is 66.5 cm³/mol. The number of esters is 1. The minimum atomic E-state index is -1.17. The number of ether oxygens (including phenoxy) is 4. The van der Waals surface area contributed by atoms with Crippen molar-refractivity contribution >= 4 is 5.97 Å². The Morgan fingerprint density at radius 1 is 1.35 bits per heavy atom. The lowest BCUT2D eigenvalue weighted by molar-refractivity contribution is -0.231. The fourth-order valence-electron chi connectivity index (χ4n) is 2.32. The Labute approximate surface area is 117 Å². The normalized spacial score (nSPS) is 37.0. The van der Waals surface area contributed by atoms with Crippen LogP contribution in [0.2, 0.25) is 0 Å². The highest BCUT2D eigenvalue weighted by molar-refractivity contribution is 5.71. The summed E-state index contributed by atoms with van der Waals surface area (Å²) in [6.07, 6.45) is -4.17. The number of aliphatic hydroxyl groups is 2. The van der Waals surface area contributed by atoms with E-state index in [1.54, 1.807) is 27.7 Å². The van der Waals surface area contributed by atoms with Crippen LogP contribution >= 0.6 is 0 Å². The van der Waals surface area contributed by atoms with Gasteiger partial charge in [-0.1, -0.05) is 13.8 Å². The zero-order chi connectivity index (χ0) is 15.1. The van der Waals surface area contributed by atoms with E-state index in [0.717, 1.165) is 0 Å². The van der Waals surface area contributed by atoms with Crippen LogP contribution in [0.5, 0.6) is 0 Å². The molecule has 2 aliphatic rings. The quantitative estimate of drug-likeness (QED) is 0.691. The van der Waals surface area contributed by atoms with Crippen LogP contribution in [0.1, 0.15) is 27.7 Å². The Hall–Kier alpha value is -0.730. The van der Waals surface area contributed by atoms with Crippen molar-refractivity contribution in [3.63, 3.8) is 0 Å². The second-order valence-electron chi connectivity index (χ2n) is 5.88. The average Bonchev–Trinajstić information content (AvgIpc) is 2.81. The highest BCUT2D eigenvalue weighted by atomic mass is 16.8. The molecule has 2 N–H and O–H groups in total. The molecule has 0 amide bonds. The van der Waals surface area contributed by atoms with Gasteiger partial charge in [-0.3, -0.25) is 4.79 Å². The first kappa shape index (κ1) is 15.7. The van der Waals surface area contributed by atoms with Gasteiger partial charge in [-0.15, -0.1) is 0 Å². The van der Waals surface area contributed by atoms with Gasteiger partial charge in [0.15, 0.2) is 24.3 Å². The molecule has 2 rings (SSSR count). The number of carbonyl (C=O) groups is 1. The molecule has 5 atom stereocenters. The molecule has 7 heteroatoms. The first-order valence-corrected chi connectivity index (χ1v) is 6.75. The van der Waals surface area contributed by atoms with Gasteiger partial charge in [0, 0.05) is 0 Å². The fourth-order valence-corrected chi connectivity index (χ4v) is 2.32. The maximum absolute atomic E-state index is 11.8. The summed E-state index contributed by atoms with van der Waals surface area (Å²) < 4.78 is 22.1. The third kappa shape index (κ3) is 2.96. The van der Waals surface area contributed by atoms with Gasteiger partial charge in [0.1, 0.15) is 12.2 Å².